The van der Waals surface area contributed by atoms with Crippen LogP contribution in [0.2, 0.25) is 0 Å². The highest BCUT2D eigenvalue weighted by molar-refractivity contribution is 7.10. The van der Waals surface area contributed by atoms with E-state index in [0.717, 1.165) is 6.54 Å². The van der Waals surface area contributed by atoms with E-state index in [1.54, 1.807) is 0 Å². The van der Waals surface area contributed by atoms with Crippen LogP contribution < -0.4 is 5.32 Å². The Morgan fingerprint density at radius 1 is 1.12 bits per heavy atom. The molecule has 1 atom stereocenters. The van der Waals surface area contributed by atoms with Gasteiger partial charge < -0.3 is 5.32 Å². The van der Waals surface area contributed by atoms with Gasteiger partial charge in [-0.1, -0.05) is 26.0 Å². The predicted octanol–water partition coefficient (Wildman–Crippen LogP) is 4.30. The molecule has 0 bridgehead atoms. The van der Waals surface area contributed by atoms with Gasteiger partial charge in [-0.2, -0.15) is 0 Å². The highest BCUT2D eigenvalue weighted by Crippen LogP contribution is 2.26. The number of thiophene rings is 2. The summed E-state index contributed by atoms with van der Waals surface area (Å²) in [6.07, 6.45) is 0. The average molecular weight is 251 g/mol. The third-order valence-corrected chi connectivity index (χ3v) is 4.42. The first-order chi connectivity index (χ1) is 7.77. The molecule has 2 aromatic heterocycles. The number of hydrogen-bond acceptors (Lipinski definition) is 3. The van der Waals surface area contributed by atoms with Crippen LogP contribution in [0.25, 0.3) is 0 Å². The van der Waals surface area contributed by atoms with E-state index in [1.165, 1.54) is 9.75 Å². The summed E-state index contributed by atoms with van der Waals surface area (Å²) >= 11 is 3.65. The molecule has 1 nitrogen and oxygen atoms in total. The first-order valence-corrected chi connectivity index (χ1v) is 7.32. The first-order valence-electron chi connectivity index (χ1n) is 5.56. The molecule has 0 aliphatic rings. The van der Waals surface area contributed by atoms with Crippen molar-refractivity contribution in [2.45, 2.75) is 26.4 Å². The second-order valence-electron chi connectivity index (χ2n) is 4.20. The lowest BCUT2D eigenvalue weighted by atomic mass is 10.0. The largest absolute Gasteiger partial charge is 0.304 e. The summed E-state index contributed by atoms with van der Waals surface area (Å²) < 4.78 is 0. The minimum Gasteiger partial charge on any atom is -0.304 e. The Balaban J connectivity index is 1.99. The van der Waals surface area contributed by atoms with Crippen LogP contribution in [0.5, 0.6) is 0 Å². The van der Waals surface area contributed by atoms with Crippen LogP contribution in [0.1, 0.15) is 29.6 Å². The molecule has 16 heavy (non-hydrogen) atoms. The topological polar surface area (TPSA) is 12.0 Å². The summed E-state index contributed by atoms with van der Waals surface area (Å²) in [4.78, 5) is 2.84. The third-order valence-electron chi connectivity index (χ3n) is 2.59. The summed E-state index contributed by atoms with van der Waals surface area (Å²) in [6, 6.07) is 9.11. The number of hydrogen-bond donors (Lipinski definition) is 1. The Morgan fingerprint density at radius 2 is 1.88 bits per heavy atom. The molecule has 0 fully saturated rings. The smallest absolute Gasteiger partial charge is 0.0440 e. The Bertz CT molecular complexity index is 390. The number of nitrogens with one attached hydrogen (secondary N) is 1. The Morgan fingerprint density at radius 3 is 2.44 bits per heavy atom. The average Bonchev–Trinajstić information content (AvgIpc) is 2.88. The lowest BCUT2D eigenvalue weighted by molar-refractivity contribution is 0.418. The van der Waals surface area contributed by atoms with Crippen LogP contribution in [0.3, 0.4) is 0 Å². The van der Waals surface area contributed by atoms with Gasteiger partial charge in [-0.3, -0.25) is 0 Å². The molecule has 0 radical (unpaired) electrons. The fourth-order valence-electron chi connectivity index (χ4n) is 1.76. The van der Waals surface area contributed by atoms with Crippen LogP contribution >= 0.6 is 22.7 Å². The summed E-state index contributed by atoms with van der Waals surface area (Å²) in [6.45, 7) is 5.51. The van der Waals surface area contributed by atoms with Crippen LogP contribution in [0, 0.1) is 5.92 Å². The quantitative estimate of drug-likeness (QED) is 0.835. The maximum atomic E-state index is 3.64. The zero-order chi connectivity index (χ0) is 11.4. The highest BCUT2D eigenvalue weighted by atomic mass is 32.1. The molecule has 0 aliphatic heterocycles. The molecule has 2 rings (SSSR count). The van der Waals surface area contributed by atoms with Crippen LogP contribution in [0.4, 0.5) is 0 Å². The van der Waals surface area contributed by atoms with Crippen molar-refractivity contribution >= 4 is 22.7 Å². The highest BCUT2D eigenvalue weighted by Gasteiger charge is 2.15. The van der Waals surface area contributed by atoms with E-state index in [2.05, 4.69) is 54.2 Å². The Hall–Kier alpha value is -0.640. The minimum atomic E-state index is 0.474. The van der Waals surface area contributed by atoms with Crippen molar-refractivity contribution in [2.75, 3.05) is 0 Å². The summed E-state index contributed by atoms with van der Waals surface area (Å²) in [5.41, 5.74) is 0. The lowest BCUT2D eigenvalue weighted by Gasteiger charge is -2.20. The van der Waals surface area contributed by atoms with Gasteiger partial charge in [-0.25, -0.2) is 0 Å². The van der Waals surface area contributed by atoms with Crippen molar-refractivity contribution < 1.29 is 0 Å². The molecule has 0 aromatic carbocycles. The summed E-state index contributed by atoms with van der Waals surface area (Å²) in [7, 11) is 0. The lowest BCUT2D eigenvalue weighted by Crippen LogP contribution is -2.24. The Kier molecular flexibility index (Phi) is 4.16. The molecule has 0 spiro atoms. The summed E-state index contributed by atoms with van der Waals surface area (Å²) in [5.74, 6) is 0.624. The second kappa shape index (κ2) is 5.62. The SMILES string of the molecule is CC(C)C(NCc1cccs1)c1cccs1. The van der Waals surface area contributed by atoms with Gasteiger partial charge in [0.1, 0.15) is 0 Å². The van der Waals surface area contributed by atoms with Gasteiger partial charge in [0.2, 0.25) is 0 Å². The van der Waals surface area contributed by atoms with E-state index in [-0.39, 0.29) is 0 Å². The molecule has 0 saturated carbocycles. The molecule has 2 heterocycles. The van der Waals surface area contributed by atoms with Crippen molar-refractivity contribution in [3.63, 3.8) is 0 Å². The van der Waals surface area contributed by atoms with Crippen LogP contribution in [-0.2, 0) is 6.54 Å². The van der Waals surface area contributed by atoms with E-state index in [9.17, 15) is 0 Å². The minimum absolute atomic E-state index is 0.474. The fourth-order valence-corrected chi connectivity index (χ4v) is 3.39. The molecule has 2 aromatic rings. The van der Waals surface area contributed by atoms with E-state index in [4.69, 9.17) is 0 Å². The molecule has 0 saturated heterocycles. The van der Waals surface area contributed by atoms with E-state index < -0.39 is 0 Å². The normalized spacial score (nSPS) is 13.2. The predicted molar refractivity (Wildman–Crippen MR) is 73.1 cm³/mol. The standard InChI is InChI=1S/C13H17NS2/c1-10(2)13(12-6-4-8-16-12)14-9-11-5-3-7-15-11/h3-8,10,13-14H,9H2,1-2H3. The Labute approximate surface area is 105 Å². The van der Waals surface area contributed by atoms with Crippen molar-refractivity contribution in [1.29, 1.82) is 0 Å². The van der Waals surface area contributed by atoms with Gasteiger partial charge in [0.05, 0.1) is 0 Å². The van der Waals surface area contributed by atoms with Gasteiger partial charge in [0, 0.05) is 22.3 Å². The van der Waals surface area contributed by atoms with Crippen molar-refractivity contribution in [3.8, 4) is 0 Å². The van der Waals surface area contributed by atoms with Gasteiger partial charge in [0.25, 0.3) is 0 Å². The molecule has 1 N–H and O–H groups in total. The molecular formula is C13H17NS2. The first kappa shape index (κ1) is 11.8. The monoisotopic (exact) mass is 251 g/mol. The number of rotatable bonds is 5. The fraction of sp³-hybridized carbons (Fsp3) is 0.385. The van der Waals surface area contributed by atoms with Crippen molar-refractivity contribution in [2.24, 2.45) is 5.92 Å². The molecule has 3 heteroatoms. The molecule has 0 amide bonds. The van der Waals surface area contributed by atoms with Crippen molar-refractivity contribution in [1.82, 2.24) is 5.32 Å². The maximum Gasteiger partial charge on any atom is 0.0440 e. The van der Waals surface area contributed by atoms with Crippen LogP contribution in [-0.4, -0.2) is 0 Å². The maximum absolute atomic E-state index is 3.64. The van der Waals surface area contributed by atoms with Crippen molar-refractivity contribution in [3.05, 3.63) is 44.8 Å². The summed E-state index contributed by atoms with van der Waals surface area (Å²) in [5, 5.41) is 7.93. The van der Waals surface area contributed by atoms with Gasteiger partial charge in [-0.15, -0.1) is 22.7 Å². The van der Waals surface area contributed by atoms with Crippen LogP contribution in [0.15, 0.2) is 35.0 Å². The zero-order valence-electron chi connectivity index (χ0n) is 9.64. The molecule has 1 unspecified atom stereocenters. The van der Waals surface area contributed by atoms with Gasteiger partial charge >= 0.3 is 0 Å². The van der Waals surface area contributed by atoms with E-state index in [0.29, 0.717) is 12.0 Å². The zero-order valence-corrected chi connectivity index (χ0v) is 11.3. The molecule has 0 aliphatic carbocycles. The van der Waals surface area contributed by atoms with E-state index in [1.807, 2.05) is 22.7 Å². The van der Waals surface area contributed by atoms with Gasteiger partial charge in [-0.05, 0) is 28.8 Å². The molecule has 86 valence electrons. The third kappa shape index (κ3) is 2.94. The molecular weight excluding hydrogens is 234 g/mol. The van der Waals surface area contributed by atoms with Gasteiger partial charge in [0.15, 0.2) is 0 Å². The van der Waals surface area contributed by atoms with E-state index >= 15 is 0 Å². The second-order valence-corrected chi connectivity index (χ2v) is 6.21.